The fourth-order valence-corrected chi connectivity index (χ4v) is 5.84. The Balaban J connectivity index is 1.16. The number of piperidine rings is 1. The molecule has 2 aromatic carbocycles. The summed E-state index contributed by atoms with van der Waals surface area (Å²) < 4.78 is 51.8. The second kappa shape index (κ2) is 7.50. The third-order valence-electron chi connectivity index (χ3n) is 7.80. The summed E-state index contributed by atoms with van der Waals surface area (Å²) in [5, 5.41) is 3.25. The highest BCUT2D eigenvalue weighted by Crippen LogP contribution is 2.64. The number of amidine groups is 1. The number of ether oxygens (including phenoxy) is 2. The number of imidazole rings is 1. The minimum absolute atomic E-state index is 0.0131. The number of fused-ring (bicyclic) bond motifs is 5. The number of halogens is 4. The van der Waals surface area contributed by atoms with E-state index in [1.807, 2.05) is 19.1 Å². The van der Waals surface area contributed by atoms with Crippen molar-refractivity contribution in [3.63, 3.8) is 0 Å². The number of carbonyl (C=O) groups excluding carboxylic acids is 1. The summed E-state index contributed by atoms with van der Waals surface area (Å²) in [4.78, 5) is 23.8. The molecule has 190 valence electrons. The van der Waals surface area contributed by atoms with Crippen LogP contribution in [0, 0.1) is 5.41 Å². The van der Waals surface area contributed by atoms with Crippen LogP contribution in [-0.4, -0.2) is 33.9 Å². The van der Waals surface area contributed by atoms with Gasteiger partial charge in [0.05, 0.1) is 33.0 Å². The van der Waals surface area contributed by atoms with Gasteiger partial charge in [-0.25, -0.2) is 9.98 Å². The molecule has 4 heterocycles. The molecular weight excluding hydrogens is 509 g/mol. The maximum atomic E-state index is 13.1. The van der Waals surface area contributed by atoms with Gasteiger partial charge in [-0.3, -0.25) is 4.79 Å². The summed E-state index contributed by atoms with van der Waals surface area (Å²) in [7, 11) is 0. The third kappa shape index (κ3) is 3.45. The highest BCUT2D eigenvalue weighted by Gasteiger charge is 2.61. The van der Waals surface area contributed by atoms with Crippen molar-refractivity contribution in [3.05, 3.63) is 64.6 Å². The van der Waals surface area contributed by atoms with Crippen LogP contribution in [0.15, 0.2) is 47.6 Å². The van der Waals surface area contributed by atoms with E-state index < -0.39 is 17.2 Å². The van der Waals surface area contributed by atoms with Gasteiger partial charge in [0.2, 0.25) is 5.91 Å². The van der Waals surface area contributed by atoms with Crippen LogP contribution in [0.5, 0.6) is 11.5 Å². The Morgan fingerprint density at radius 2 is 2.05 bits per heavy atom. The molecule has 5 unspecified atom stereocenters. The van der Waals surface area contributed by atoms with Crippen molar-refractivity contribution in [3.8, 4) is 11.5 Å². The number of nitrogens with zero attached hydrogens (tertiary/aromatic N) is 2. The van der Waals surface area contributed by atoms with Crippen molar-refractivity contribution < 1.29 is 27.4 Å². The summed E-state index contributed by atoms with van der Waals surface area (Å²) in [6.45, 7) is 2.00. The molecule has 0 bridgehead atoms. The van der Waals surface area contributed by atoms with Gasteiger partial charge in [0.15, 0.2) is 0 Å². The van der Waals surface area contributed by atoms with Gasteiger partial charge in [0, 0.05) is 30.2 Å². The van der Waals surface area contributed by atoms with Gasteiger partial charge in [-0.2, -0.15) is 13.2 Å². The molecular formula is C26H20ClF3N4O3. The zero-order valence-electron chi connectivity index (χ0n) is 19.4. The van der Waals surface area contributed by atoms with Crippen LogP contribution in [-0.2, 0) is 11.0 Å². The summed E-state index contributed by atoms with van der Waals surface area (Å²) >= 11 is 6.55. The lowest BCUT2D eigenvalue weighted by molar-refractivity contribution is -0.137. The highest BCUT2D eigenvalue weighted by molar-refractivity contribution is 6.32. The molecule has 3 aromatic rings. The molecule has 0 radical (unpaired) electrons. The van der Waals surface area contributed by atoms with Crippen molar-refractivity contribution in [2.24, 2.45) is 10.4 Å². The van der Waals surface area contributed by atoms with Crippen LogP contribution in [0.2, 0.25) is 5.02 Å². The van der Waals surface area contributed by atoms with Crippen LogP contribution in [0.4, 0.5) is 13.2 Å². The lowest BCUT2D eigenvalue weighted by Gasteiger charge is -2.41. The van der Waals surface area contributed by atoms with Gasteiger partial charge in [0.1, 0.15) is 35.4 Å². The number of aliphatic imine (C=N–C) groups is 1. The molecule has 1 amide bonds. The SMILES string of the molecule is CC12CCC(=O)NC1=NC=CC2Oc1cc2c(cc1Cl)OC1C(c3nc4ccc(C(F)(F)F)cc4[nH]3)C21. The van der Waals surface area contributed by atoms with Gasteiger partial charge in [-0.1, -0.05) is 11.6 Å². The first-order chi connectivity index (χ1) is 17.6. The number of benzene rings is 2. The Hall–Kier alpha value is -3.53. The van der Waals surface area contributed by atoms with E-state index >= 15 is 0 Å². The zero-order chi connectivity index (χ0) is 25.7. The Kier molecular flexibility index (Phi) is 4.59. The Morgan fingerprint density at radius 1 is 1.22 bits per heavy atom. The second-order valence-corrected chi connectivity index (χ2v) is 10.5. The van der Waals surface area contributed by atoms with E-state index in [4.69, 9.17) is 21.1 Å². The van der Waals surface area contributed by atoms with Gasteiger partial charge in [0.25, 0.3) is 0 Å². The highest BCUT2D eigenvalue weighted by atomic mass is 35.5. The van der Waals surface area contributed by atoms with E-state index in [9.17, 15) is 18.0 Å². The van der Waals surface area contributed by atoms with Crippen molar-refractivity contribution in [2.45, 2.75) is 50.0 Å². The predicted molar refractivity (Wildman–Crippen MR) is 129 cm³/mol. The number of hydrogen-bond donors (Lipinski definition) is 2. The van der Waals surface area contributed by atoms with Crippen LogP contribution in [0.3, 0.4) is 0 Å². The van der Waals surface area contributed by atoms with E-state index in [0.29, 0.717) is 52.1 Å². The molecule has 7 nitrogen and oxygen atoms in total. The largest absolute Gasteiger partial charge is 0.489 e. The second-order valence-electron chi connectivity index (χ2n) is 10.1. The van der Waals surface area contributed by atoms with Crippen molar-refractivity contribution in [2.75, 3.05) is 0 Å². The molecule has 7 rings (SSSR count). The molecule has 1 aromatic heterocycles. The Labute approximate surface area is 213 Å². The molecule has 1 saturated heterocycles. The number of amides is 1. The number of aromatic amines is 1. The normalized spacial score (nSPS) is 29.6. The number of aromatic nitrogens is 2. The molecule has 1 saturated carbocycles. The quantitative estimate of drug-likeness (QED) is 0.472. The van der Waals surface area contributed by atoms with Crippen LogP contribution in [0.1, 0.15) is 48.6 Å². The number of H-pyrrole nitrogens is 1. The predicted octanol–water partition coefficient (Wildman–Crippen LogP) is 5.47. The topological polar surface area (TPSA) is 88.6 Å². The monoisotopic (exact) mass is 528 g/mol. The lowest BCUT2D eigenvalue weighted by Crippen LogP contribution is -2.55. The first-order valence-corrected chi connectivity index (χ1v) is 12.3. The summed E-state index contributed by atoms with van der Waals surface area (Å²) in [6.07, 6.45) is -0.543. The minimum atomic E-state index is -4.42. The number of rotatable bonds is 3. The first-order valence-electron chi connectivity index (χ1n) is 11.9. The van der Waals surface area contributed by atoms with E-state index in [0.717, 1.165) is 17.7 Å². The maximum absolute atomic E-state index is 13.1. The van der Waals surface area contributed by atoms with Gasteiger partial charge in [-0.15, -0.1) is 0 Å². The molecule has 4 aliphatic rings. The lowest BCUT2D eigenvalue weighted by atomic mass is 9.75. The standard InChI is InChI=1S/C26H20ClF3N4O3/c1-25-6-4-19(35)34-24(25)31-7-5-18(25)36-17-9-12-16(10-13(17)27)37-22-20(12)21(22)23-32-14-3-2-11(26(28,29)30)8-15(14)33-23/h2-3,5,7-10,18,20-22H,4,6H2,1H3,(H,32,33)(H,31,34,35). The van der Waals surface area contributed by atoms with E-state index in [2.05, 4.69) is 20.3 Å². The number of hydrogen-bond acceptors (Lipinski definition) is 5. The Bertz CT molecular complexity index is 1550. The van der Waals surface area contributed by atoms with Crippen molar-refractivity contribution in [1.29, 1.82) is 0 Å². The molecule has 3 aliphatic heterocycles. The van der Waals surface area contributed by atoms with Crippen molar-refractivity contribution in [1.82, 2.24) is 15.3 Å². The van der Waals surface area contributed by atoms with Crippen molar-refractivity contribution >= 4 is 34.4 Å². The fraction of sp³-hybridized carbons (Fsp3) is 0.346. The number of carbonyl (C=O) groups is 1. The van der Waals surface area contributed by atoms with Crippen LogP contribution >= 0.6 is 11.6 Å². The van der Waals surface area contributed by atoms with Crippen LogP contribution in [0.25, 0.3) is 11.0 Å². The average molecular weight is 529 g/mol. The summed E-state index contributed by atoms with van der Waals surface area (Å²) in [6, 6.07) is 7.09. The molecule has 2 N–H and O–H groups in total. The first kappa shape index (κ1) is 22.7. The summed E-state index contributed by atoms with van der Waals surface area (Å²) in [5.74, 6) is 2.14. The maximum Gasteiger partial charge on any atom is 0.416 e. The van der Waals surface area contributed by atoms with Gasteiger partial charge < -0.3 is 19.8 Å². The fourth-order valence-electron chi connectivity index (χ4n) is 5.64. The van der Waals surface area contributed by atoms with E-state index in [1.54, 1.807) is 12.3 Å². The molecule has 0 spiro atoms. The molecule has 37 heavy (non-hydrogen) atoms. The molecule has 1 aliphatic carbocycles. The zero-order valence-corrected chi connectivity index (χ0v) is 20.2. The molecule has 11 heteroatoms. The van der Waals surface area contributed by atoms with Gasteiger partial charge >= 0.3 is 6.18 Å². The number of nitrogens with one attached hydrogen (secondary N) is 2. The van der Waals surface area contributed by atoms with Gasteiger partial charge in [-0.05, 0) is 43.7 Å². The smallest absolute Gasteiger partial charge is 0.416 e. The van der Waals surface area contributed by atoms with Crippen LogP contribution < -0.4 is 14.8 Å². The third-order valence-corrected chi connectivity index (χ3v) is 8.10. The minimum Gasteiger partial charge on any atom is -0.489 e. The average Bonchev–Trinajstić information content (AvgIpc) is 3.19. The Morgan fingerprint density at radius 3 is 2.86 bits per heavy atom. The van der Waals surface area contributed by atoms with E-state index in [1.165, 1.54) is 6.07 Å². The van der Waals surface area contributed by atoms with E-state index in [-0.39, 0.29) is 30.0 Å². The number of alkyl halides is 3. The summed E-state index contributed by atoms with van der Waals surface area (Å²) in [5.41, 5.74) is 0.504. The molecule has 2 fully saturated rings. The molecule has 5 atom stereocenters.